The maximum Gasteiger partial charge on any atom is 0.136 e. The number of anilines is 3. The molecule has 1 heterocycles. The molecular formula is C55H39NO. The molecule has 270 valence electrons. The van der Waals surface area contributed by atoms with Crippen LogP contribution >= 0.6 is 0 Å². The van der Waals surface area contributed by atoms with Gasteiger partial charge in [0.15, 0.2) is 0 Å². The summed E-state index contributed by atoms with van der Waals surface area (Å²) in [5.41, 5.74) is 17.5. The van der Waals surface area contributed by atoms with E-state index in [2.05, 4.69) is 213 Å². The Labute approximate surface area is 332 Å². The van der Waals surface area contributed by atoms with Crippen LogP contribution in [0.2, 0.25) is 0 Å². The summed E-state index contributed by atoms with van der Waals surface area (Å²) in [5.74, 6) is 0. The topological polar surface area (TPSA) is 16.4 Å². The van der Waals surface area contributed by atoms with Crippen molar-refractivity contribution in [3.05, 3.63) is 211 Å². The fourth-order valence-electron chi connectivity index (χ4n) is 9.49. The average molecular weight is 730 g/mol. The molecule has 2 heteroatoms. The average Bonchev–Trinajstić information content (AvgIpc) is 3.76. The lowest BCUT2D eigenvalue weighted by atomic mass is 9.79. The second-order valence-corrected chi connectivity index (χ2v) is 15.7. The zero-order valence-electron chi connectivity index (χ0n) is 31.9. The minimum Gasteiger partial charge on any atom is -0.456 e. The number of hydrogen-bond acceptors (Lipinski definition) is 2. The summed E-state index contributed by atoms with van der Waals surface area (Å²) < 4.78 is 6.39. The molecule has 0 amide bonds. The number of benzene rings is 9. The Hall–Kier alpha value is -7.16. The van der Waals surface area contributed by atoms with Gasteiger partial charge in [-0.1, -0.05) is 172 Å². The Morgan fingerprint density at radius 2 is 1.02 bits per heavy atom. The largest absolute Gasteiger partial charge is 0.456 e. The van der Waals surface area contributed by atoms with Crippen LogP contribution in [0.5, 0.6) is 0 Å². The van der Waals surface area contributed by atoms with Crippen molar-refractivity contribution in [2.75, 3.05) is 4.90 Å². The molecule has 10 aromatic rings. The smallest absolute Gasteiger partial charge is 0.136 e. The lowest BCUT2D eigenvalue weighted by Crippen LogP contribution is -2.16. The lowest BCUT2D eigenvalue weighted by molar-refractivity contribution is 0.662. The summed E-state index contributed by atoms with van der Waals surface area (Å²) in [7, 11) is 0. The normalized spacial score (nSPS) is 12.9. The number of nitrogens with zero attached hydrogens (tertiary/aromatic N) is 1. The predicted octanol–water partition coefficient (Wildman–Crippen LogP) is 15.5. The van der Waals surface area contributed by atoms with E-state index in [1.165, 1.54) is 55.3 Å². The molecule has 0 spiro atoms. The molecule has 1 aliphatic carbocycles. The first-order chi connectivity index (χ1) is 28.0. The number of hydrogen-bond donors (Lipinski definition) is 0. The van der Waals surface area contributed by atoms with Gasteiger partial charge in [0.2, 0.25) is 0 Å². The summed E-state index contributed by atoms with van der Waals surface area (Å²) in [6.07, 6.45) is 0. The van der Waals surface area contributed by atoms with E-state index in [9.17, 15) is 0 Å². The highest BCUT2D eigenvalue weighted by Gasteiger charge is 2.37. The lowest BCUT2D eigenvalue weighted by Gasteiger charge is -2.29. The molecule has 2 nitrogen and oxygen atoms in total. The van der Waals surface area contributed by atoms with Crippen LogP contribution in [0, 0.1) is 0 Å². The SMILES string of the molecule is CC1(C)c2ccccc2-c2cccc(-c3ccc(N(c4cccc(-c5cccc6ccccc56)c4)c4ccccc4-c4cccc5oc6ccccc6c45)cc3)c21. The zero-order valence-corrected chi connectivity index (χ0v) is 31.9. The molecule has 0 bridgehead atoms. The molecule has 0 radical (unpaired) electrons. The van der Waals surface area contributed by atoms with Gasteiger partial charge < -0.3 is 9.32 Å². The van der Waals surface area contributed by atoms with E-state index in [0.717, 1.165) is 50.1 Å². The van der Waals surface area contributed by atoms with E-state index in [0.29, 0.717) is 0 Å². The van der Waals surface area contributed by atoms with Gasteiger partial charge in [0.1, 0.15) is 11.2 Å². The zero-order chi connectivity index (χ0) is 38.1. The van der Waals surface area contributed by atoms with Crippen molar-refractivity contribution in [2.45, 2.75) is 19.3 Å². The first-order valence-electron chi connectivity index (χ1n) is 19.8. The monoisotopic (exact) mass is 729 g/mol. The van der Waals surface area contributed by atoms with E-state index in [1.807, 2.05) is 6.07 Å². The maximum absolute atomic E-state index is 6.39. The summed E-state index contributed by atoms with van der Waals surface area (Å²) in [4.78, 5) is 2.42. The van der Waals surface area contributed by atoms with Gasteiger partial charge in [0.25, 0.3) is 0 Å². The fourth-order valence-corrected chi connectivity index (χ4v) is 9.49. The van der Waals surface area contributed by atoms with Gasteiger partial charge in [-0.3, -0.25) is 0 Å². The van der Waals surface area contributed by atoms with Gasteiger partial charge in [0, 0.05) is 33.1 Å². The standard InChI is InChI=1S/C55H39NO/c1-55(2)49-27-8-5-20-44(49)47-26-13-24-43(54(47)55)37-31-33-39(34-32-37)56(40-18-11-17-38(35-40)42-23-12-16-36-15-3-4-19-41(36)42)50-28-9-6-21-45(50)46-25-14-30-52-53(46)48-22-7-10-29-51(48)57-52/h3-35H,1-2H3. The Balaban J connectivity index is 1.10. The van der Waals surface area contributed by atoms with E-state index in [4.69, 9.17) is 4.42 Å². The fraction of sp³-hybridized carbons (Fsp3) is 0.0545. The Bertz CT molecular complexity index is 3160. The Morgan fingerprint density at radius 3 is 1.91 bits per heavy atom. The van der Waals surface area contributed by atoms with Crippen LogP contribution in [0.15, 0.2) is 205 Å². The molecule has 0 saturated heterocycles. The van der Waals surface area contributed by atoms with Crippen molar-refractivity contribution in [1.82, 2.24) is 0 Å². The van der Waals surface area contributed by atoms with Crippen molar-refractivity contribution in [3.63, 3.8) is 0 Å². The second kappa shape index (κ2) is 13.0. The minimum atomic E-state index is -0.105. The van der Waals surface area contributed by atoms with Gasteiger partial charge in [-0.25, -0.2) is 0 Å². The number of rotatable bonds is 6. The number of furan rings is 1. The maximum atomic E-state index is 6.39. The van der Waals surface area contributed by atoms with Crippen molar-refractivity contribution in [2.24, 2.45) is 0 Å². The van der Waals surface area contributed by atoms with Crippen LogP contribution in [0.1, 0.15) is 25.0 Å². The van der Waals surface area contributed by atoms with Crippen molar-refractivity contribution in [3.8, 4) is 44.5 Å². The van der Waals surface area contributed by atoms with Gasteiger partial charge >= 0.3 is 0 Å². The van der Waals surface area contributed by atoms with Gasteiger partial charge in [-0.15, -0.1) is 0 Å². The molecule has 0 atom stereocenters. The molecule has 0 N–H and O–H groups in total. The molecule has 0 unspecified atom stereocenters. The first kappa shape index (κ1) is 33.2. The van der Waals surface area contributed by atoms with Crippen molar-refractivity contribution < 1.29 is 4.42 Å². The molecule has 11 rings (SSSR count). The number of fused-ring (bicyclic) bond motifs is 7. The molecule has 1 aliphatic rings. The van der Waals surface area contributed by atoms with Crippen molar-refractivity contribution >= 4 is 49.8 Å². The van der Waals surface area contributed by atoms with Gasteiger partial charge in [-0.2, -0.15) is 0 Å². The highest BCUT2D eigenvalue weighted by Crippen LogP contribution is 2.52. The summed E-state index contributed by atoms with van der Waals surface area (Å²) in [5, 5.41) is 4.72. The minimum absolute atomic E-state index is 0.105. The molecule has 0 aliphatic heterocycles. The summed E-state index contributed by atoms with van der Waals surface area (Å²) >= 11 is 0. The second-order valence-electron chi connectivity index (χ2n) is 15.7. The van der Waals surface area contributed by atoms with Crippen LogP contribution in [-0.4, -0.2) is 0 Å². The quantitative estimate of drug-likeness (QED) is 0.169. The highest BCUT2D eigenvalue weighted by atomic mass is 16.3. The van der Waals surface area contributed by atoms with E-state index >= 15 is 0 Å². The third-order valence-corrected chi connectivity index (χ3v) is 12.1. The van der Waals surface area contributed by atoms with Crippen LogP contribution in [0.4, 0.5) is 17.1 Å². The third-order valence-electron chi connectivity index (χ3n) is 12.1. The Morgan fingerprint density at radius 1 is 0.404 bits per heavy atom. The predicted molar refractivity (Wildman–Crippen MR) is 240 cm³/mol. The van der Waals surface area contributed by atoms with E-state index in [-0.39, 0.29) is 5.41 Å². The highest BCUT2D eigenvalue weighted by molar-refractivity contribution is 6.14. The molecule has 1 aromatic heterocycles. The van der Waals surface area contributed by atoms with Crippen LogP contribution in [0.25, 0.3) is 77.2 Å². The third kappa shape index (κ3) is 5.25. The number of para-hydroxylation sites is 2. The molecular weight excluding hydrogens is 691 g/mol. The first-order valence-corrected chi connectivity index (χ1v) is 19.8. The van der Waals surface area contributed by atoms with E-state index in [1.54, 1.807) is 0 Å². The van der Waals surface area contributed by atoms with Crippen molar-refractivity contribution in [1.29, 1.82) is 0 Å². The molecule has 9 aromatic carbocycles. The van der Waals surface area contributed by atoms with Gasteiger partial charge in [-0.05, 0) is 103 Å². The van der Waals surface area contributed by atoms with Crippen LogP contribution < -0.4 is 4.90 Å². The molecule has 0 fully saturated rings. The Kier molecular flexibility index (Phi) is 7.55. The van der Waals surface area contributed by atoms with Crippen LogP contribution in [-0.2, 0) is 5.41 Å². The molecule has 0 saturated carbocycles. The summed E-state index contributed by atoms with van der Waals surface area (Å²) in [6, 6.07) is 72.6. The summed E-state index contributed by atoms with van der Waals surface area (Å²) in [6.45, 7) is 4.72. The van der Waals surface area contributed by atoms with Crippen LogP contribution in [0.3, 0.4) is 0 Å². The molecule has 57 heavy (non-hydrogen) atoms. The van der Waals surface area contributed by atoms with Gasteiger partial charge in [0.05, 0.1) is 5.69 Å². The van der Waals surface area contributed by atoms with E-state index < -0.39 is 0 Å².